The van der Waals surface area contributed by atoms with Gasteiger partial charge in [0.15, 0.2) is 9.84 Å². The minimum atomic E-state index is -3.23. The van der Waals surface area contributed by atoms with Crippen molar-refractivity contribution in [3.8, 4) is 5.75 Å². The average molecular weight is 186 g/mol. The number of hydrogen-bond donors (Lipinski definition) is 0. The van der Waals surface area contributed by atoms with Gasteiger partial charge >= 0.3 is 0 Å². The summed E-state index contributed by atoms with van der Waals surface area (Å²) in [6.45, 7) is 0. The second kappa shape index (κ2) is 3.10. The second-order valence-electron chi connectivity index (χ2n) is 2.26. The van der Waals surface area contributed by atoms with Crippen LogP contribution in [-0.2, 0) is 9.84 Å². The fourth-order valence-corrected chi connectivity index (χ4v) is 1.21. The molecule has 4 nitrogen and oxygen atoms in total. The first kappa shape index (κ1) is 8.99. The maximum atomic E-state index is 11.0. The summed E-state index contributed by atoms with van der Waals surface area (Å²) < 4.78 is 26.8. The van der Waals surface area contributed by atoms with Crippen LogP contribution in [0.3, 0.4) is 0 Å². The number of nitrogens with zero attached hydrogens (tertiary/aromatic N) is 1. The van der Waals surface area contributed by atoms with Crippen LogP contribution in [-0.4, -0.2) is 26.8 Å². The summed E-state index contributed by atoms with van der Waals surface area (Å²) in [4.78, 5) is 3.64. The molecule has 0 atom stereocenters. The lowest BCUT2D eigenvalue weighted by atomic mass is 10.5. The van der Waals surface area contributed by atoms with Gasteiger partial charge in [-0.3, -0.25) is 0 Å². The first-order chi connectivity index (χ1) is 5.54. The van der Waals surface area contributed by atoms with Crippen molar-refractivity contribution in [3.63, 3.8) is 0 Å². The molecule has 0 unspecified atom stereocenters. The molecule has 5 heteroatoms. The van der Waals surface area contributed by atoms with Crippen molar-refractivity contribution in [1.82, 2.24) is 4.98 Å². The van der Waals surface area contributed by atoms with Gasteiger partial charge in [0.05, 0.1) is 18.2 Å². The molecule has 0 bridgehead atoms. The van der Waals surface area contributed by atoms with Gasteiger partial charge in [-0.05, 0) is 0 Å². The Morgan fingerprint density at radius 3 is 2.75 bits per heavy atom. The second-order valence-corrected chi connectivity index (χ2v) is 4.24. The van der Waals surface area contributed by atoms with Crippen molar-refractivity contribution in [2.75, 3.05) is 13.4 Å². The minimum Gasteiger partial charge on any atom is -0.495 e. The maximum absolute atomic E-state index is 11.0. The van der Waals surface area contributed by atoms with Gasteiger partial charge in [-0.15, -0.1) is 0 Å². The normalized spacial score (nSPS) is 11.2. The molecule has 1 rings (SSSR count). The highest BCUT2D eigenvalue weighted by Crippen LogP contribution is 2.13. The lowest BCUT2D eigenvalue weighted by molar-refractivity contribution is 0.411. The van der Waals surface area contributed by atoms with Crippen LogP contribution in [0, 0.1) is 6.20 Å². The van der Waals surface area contributed by atoms with Crippen molar-refractivity contribution >= 4 is 9.84 Å². The van der Waals surface area contributed by atoms with Crippen LogP contribution in [0.5, 0.6) is 5.75 Å². The Kier molecular flexibility index (Phi) is 2.32. The zero-order valence-corrected chi connectivity index (χ0v) is 7.55. The monoisotopic (exact) mass is 186 g/mol. The van der Waals surface area contributed by atoms with E-state index in [1.165, 1.54) is 19.4 Å². The number of rotatable bonds is 2. The smallest absolute Gasteiger partial charge is 0.177 e. The molecule has 1 heterocycles. The van der Waals surface area contributed by atoms with Crippen molar-refractivity contribution in [2.24, 2.45) is 0 Å². The first-order valence-corrected chi connectivity index (χ1v) is 5.05. The maximum Gasteiger partial charge on any atom is 0.177 e. The van der Waals surface area contributed by atoms with Crippen LogP contribution in [0.15, 0.2) is 17.2 Å². The number of aromatic nitrogens is 1. The number of hydrogen-bond acceptors (Lipinski definition) is 4. The van der Waals surface area contributed by atoms with Gasteiger partial charge in [0.2, 0.25) is 0 Å². The molecule has 0 amide bonds. The topological polar surface area (TPSA) is 56.3 Å². The average Bonchev–Trinajstić information content (AvgIpc) is 2.03. The largest absolute Gasteiger partial charge is 0.495 e. The lowest BCUT2D eigenvalue weighted by Crippen LogP contribution is -1.98. The van der Waals surface area contributed by atoms with Gasteiger partial charge in [-0.25, -0.2) is 13.4 Å². The zero-order chi connectivity index (χ0) is 9.19. The SMILES string of the molecule is COc1cn[c]c(S(C)(=O)=O)c1. The molecule has 0 N–H and O–H groups in total. The third-order valence-corrected chi connectivity index (χ3v) is 2.28. The van der Waals surface area contributed by atoms with E-state index < -0.39 is 9.84 Å². The Morgan fingerprint density at radius 2 is 2.25 bits per heavy atom. The Bertz CT molecular complexity index is 372. The van der Waals surface area contributed by atoms with E-state index in [1.807, 2.05) is 0 Å². The predicted octanol–water partition coefficient (Wildman–Crippen LogP) is 0.294. The third kappa shape index (κ3) is 1.94. The van der Waals surface area contributed by atoms with Gasteiger partial charge in [0, 0.05) is 12.3 Å². The Morgan fingerprint density at radius 1 is 1.58 bits per heavy atom. The minimum absolute atomic E-state index is 0.0434. The molecule has 1 aromatic rings. The molecule has 1 radical (unpaired) electrons. The molecule has 0 aliphatic heterocycles. The van der Waals surface area contributed by atoms with Crippen LogP contribution in [0.2, 0.25) is 0 Å². The molecule has 0 saturated heterocycles. The molecule has 12 heavy (non-hydrogen) atoms. The van der Waals surface area contributed by atoms with E-state index in [0.29, 0.717) is 5.75 Å². The molecule has 0 aliphatic carbocycles. The summed E-state index contributed by atoms with van der Waals surface area (Å²) in [5, 5.41) is 0. The van der Waals surface area contributed by atoms with E-state index in [9.17, 15) is 8.42 Å². The van der Waals surface area contributed by atoms with Gasteiger partial charge in [-0.2, -0.15) is 0 Å². The van der Waals surface area contributed by atoms with E-state index in [0.717, 1.165) is 6.26 Å². The Labute approximate surface area is 71.1 Å². The molecule has 0 saturated carbocycles. The summed E-state index contributed by atoms with van der Waals surface area (Å²) >= 11 is 0. The molecule has 0 spiro atoms. The van der Waals surface area contributed by atoms with Crippen LogP contribution in [0.4, 0.5) is 0 Å². The highest BCUT2D eigenvalue weighted by Gasteiger charge is 2.08. The van der Waals surface area contributed by atoms with Crippen LogP contribution < -0.4 is 4.74 Å². The van der Waals surface area contributed by atoms with Gasteiger partial charge in [0.1, 0.15) is 11.9 Å². The van der Waals surface area contributed by atoms with Gasteiger partial charge < -0.3 is 4.74 Å². The number of ether oxygens (including phenoxy) is 1. The highest BCUT2D eigenvalue weighted by molar-refractivity contribution is 7.90. The summed E-state index contributed by atoms with van der Waals surface area (Å²) in [6.07, 6.45) is 4.86. The molecule has 0 aliphatic rings. The van der Waals surface area contributed by atoms with Crippen LogP contribution >= 0.6 is 0 Å². The van der Waals surface area contributed by atoms with Crippen LogP contribution in [0.1, 0.15) is 0 Å². The van der Waals surface area contributed by atoms with E-state index in [2.05, 4.69) is 11.2 Å². The Hall–Kier alpha value is -1.10. The fraction of sp³-hybridized carbons (Fsp3) is 0.286. The standard InChI is InChI=1S/C7H8NO3S/c1-11-6-3-7(5-8-4-6)12(2,9)10/h3-4H,1-2H3. The van der Waals surface area contributed by atoms with Gasteiger partial charge in [0.25, 0.3) is 0 Å². The summed E-state index contributed by atoms with van der Waals surface area (Å²) in [5.74, 6) is 0.411. The number of methoxy groups -OCH3 is 1. The quantitative estimate of drug-likeness (QED) is 0.666. The number of sulfone groups is 1. The molecule has 1 aromatic heterocycles. The van der Waals surface area contributed by atoms with E-state index in [-0.39, 0.29) is 4.90 Å². The van der Waals surface area contributed by atoms with E-state index in [1.54, 1.807) is 0 Å². The van der Waals surface area contributed by atoms with Crippen LogP contribution in [0.25, 0.3) is 0 Å². The molecular weight excluding hydrogens is 178 g/mol. The zero-order valence-electron chi connectivity index (χ0n) is 6.73. The summed E-state index contributed by atoms with van der Waals surface area (Å²) in [5.41, 5.74) is 0. The number of pyridine rings is 1. The van der Waals surface area contributed by atoms with Crippen molar-refractivity contribution in [2.45, 2.75) is 4.90 Å². The molecular formula is C7H8NO3S. The first-order valence-electron chi connectivity index (χ1n) is 3.16. The predicted molar refractivity (Wildman–Crippen MR) is 42.7 cm³/mol. The van der Waals surface area contributed by atoms with E-state index >= 15 is 0 Å². The summed E-state index contributed by atoms with van der Waals surface area (Å²) in [7, 11) is -1.79. The summed E-state index contributed by atoms with van der Waals surface area (Å²) in [6, 6.07) is 1.38. The van der Waals surface area contributed by atoms with E-state index in [4.69, 9.17) is 4.74 Å². The lowest BCUT2D eigenvalue weighted by Gasteiger charge is -1.99. The molecule has 0 aromatic carbocycles. The van der Waals surface area contributed by atoms with Crippen molar-refractivity contribution < 1.29 is 13.2 Å². The highest BCUT2D eigenvalue weighted by atomic mass is 32.2. The molecule has 0 fully saturated rings. The molecule has 65 valence electrons. The Balaban J connectivity index is 3.20. The van der Waals surface area contributed by atoms with Gasteiger partial charge in [-0.1, -0.05) is 0 Å². The van der Waals surface area contributed by atoms with Crippen molar-refractivity contribution in [3.05, 3.63) is 18.5 Å². The third-order valence-electron chi connectivity index (χ3n) is 1.28. The van der Waals surface area contributed by atoms with Crippen molar-refractivity contribution in [1.29, 1.82) is 0 Å². The fourth-order valence-electron chi connectivity index (χ4n) is 0.660.